The van der Waals surface area contributed by atoms with E-state index in [9.17, 15) is 0 Å². The molecule has 0 radical (unpaired) electrons. The Kier molecular flexibility index (Phi) is 4.79. The van der Waals surface area contributed by atoms with Gasteiger partial charge in [0.1, 0.15) is 5.75 Å². The highest BCUT2D eigenvalue weighted by Gasteiger charge is 2.16. The van der Waals surface area contributed by atoms with E-state index in [1.165, 1.54) is 27.0 Å². The maximum atomic E-state index is 5.30. The Bertz CT molecular complexity index is 713. The molecule has 0 heterocycles. The van der Waals surface area contributed by atoms with E-state index in [4.69, 9.17) is 4.74 Å². The summed E-state index contributed by atoms with van der Waals surface area (Å²) in [6, 6.07) is 26.3. The van der Waals surface area contributed by atoms with Crippen LogP contribution in [0.1, 0.15) is 11.1 Å². The smallest absolute Gasteiger partial charge is 0.118 e. The maximum Gasteiger partial charge on any atom is 0.118 e. The van der Waals surface area contributed by atoms with Gasteiger partial charge in [-0.3, -0.25) is 0 Å². The first kappa shape index (κ1) is 15.8. The van der Waals surface area contributed by atoms with Crippen LogP contribution in [0, 0.1) is 13.8 Å². The molecule has 3 aromatic rings. The largest absolute Gasteiger partial charge is 0.497 e. The second kappa shape index (κ2) is 6.98. The summed E-state index contributed by atoms with van der Waals surface area (Å²) in [6.45, 7) is 4.26. The standard InChI is InChI=1S/C21H21OP/c1-16-4-10-19(11-5-16)23(20-12-6-17(2)7-13-20)21-14-8-18(22-3)9-15-21/h4-15H,1-3H3. The van der Waals surface area contributed by atoms with Gasteiger partial charge in [-0.15, -0.1) is 0 Å². The average molecular weight is 320 g/mol. The molecule has 0 amide bonds. The van der Waals surface area contributed by atoms with Crippen molar-refractivity contribution < 1.29 is 4.74 Å². The topological polar surface area (TPSA) is 9.23 Å². The zero-order valence-electron chi connectivity index (χ0n) is 13.8. The summed E-state index contributed by atoms with van der Waals surface area (Å²) in [7, 11) is 1.16. The first-order valence-corrected chi connectivity index (χ1v) is 9.09. The molecule has 0 saturated heterocycles. The quantitative estimate of drug-likeness (QED) is 0.659. The Balaban J connectivity index is 2.08. The van der Waals surface area contributed by atoms with E-state index in [1.54, 1.807) is 7.11 Å². The van der Waals surface area contributed by atoms with E-state index < -0.39 is 7.92 Å². The minimum absolute atomic E-state index is 0.544. The highest BCUT2D eigenvalue weighted by atomic mass is 31.1. The van der Waals surface area contributed by atoms with E-state index in [2.05, 4.69) is 74.5 Å². The average Bonchev–Trinajstić information content (AvgIpc) is 2.59. The van der Waals surface area contributed by atoms with Crippen molar-refractivity contribution in [2.75, 3.05) is 7.11 Å². The lowest BCUT2D eigenvalue weighted by atomic mass is 10.2. The van der Waals surface area contributed by atoms with Crippen molar-refractivity contribution >= 4 is 23.8 Å². The molecule has 2 heteroatoms. The van der Waals surface area contributed by atoms with Gasteiger partial charge >= 0.3 is 0 Å². The fourth-order valence-corrected chi connectivity index (χ4v) is 4.80. The highest BCUT2D eigenvalue weighted by Crippen LogP contribution is 2.33. The van der Waals surface area contributed by atoms with Crippen molar-refractivity contribution in [3.63, 3.8) is 0 Å². The Hall–Kier alpha value is -2.11. The molecule has 0 saturated carbocycles. The molecule has 0 atom stereocenters. The van der Waals surface area contributed by atoms with Crippen LogP contribution < -0.4 is 20.7 Å². The monoisotopic (exact) mass is 320 g/mol. The number of hydrogen-bond donors (Lipinski definition) is 0. The number of rotatable bonds is 4. The van der Waals surface area contributed by atoms with Crippen LogP contribution in [0.5, 0.6) is 5.75 Å². The second-order valence-electron chi connectivity index (χ2n) is 5.70. The van der Waals surface area contributed by atoms with E-state index in [0.29, 0.717) is 0 Å². The molecule has 23 heavy (non-hydrogen) atoms. The molecular weight excluding hydrogens is 299 g/mol. The van der Waals surface area contributed by atoms with Crippen molar-refractivity contribution in [3.8, 4) is 5.75 Å². The third-order valence-corrected chi connectivity index (χ3v) is 6.36. The lowest BCUT2D eigenvalue weighted by Crippen LogP contribution is -2.20. The highest BCUT2D eigenvalue weighted by molar-refractivity contribution is 7.79. The molecule has 3 rings (SSSR count). The molecule has 0 aromatic heterocycles. The van der Waals surface area contributed by atoms with E-state index >= 15 is 0 Å². The van der Waals surface area contributed by atoms with Crippen LogP contribution >= 0.6 is 7.92 Å². The molecule has 0 N–H and O–H groups in total. The van der Waals surface area contributed by atoms with Crippen molar-refractivity contribution in [2.45, 2.75) is 13.8 Å². The maximum absolute atomic E-state index is 5.30. The molecule has 0 bridgehead atoms. The normalized spacial score (nSPS) is 10.8. The summed E-state index contributed by atoms with van der Waals surface area (Å²) in [5.41, 5.74) is 2.59. The Morgan fingerprint density at radius 3 is 1.26 bits per heavy atom. The molecule has 0 fully saturated rings. The lowest BCUT2D eigenvalue weighted by Gasteiger charge is -2.20. The lowest BCUT2D eigenvalue weighted by molar-refractivity contribution is 0.415. The Labute approximate surface area is 139 Å². The minimum Gasteiger partial charge on any atom is -0.497 e. The van der Waals surface area contributed by atoms with Crippen LogP contribution in [0.25, 0.3) is 0 Å². The van der Waals surface area contributed by atoms with Gasteiger partial charge < -0.3 is 4.74 Å². The fraction of sp³-hybridized carbons (Fsp3) is 0.143. The second-order valence-corrected chi connectivity index (χ2v) is 7.92. The first-order valence-electron chi connectivity index (χ1n) is 7.75. The first-order chi connectivity index (χ1) is 11.2. The third-order valence-electron chi connectivity index (χ3n) is 3.91. The van der Waals surface area contributed by atoms with Crippen LogP contribution in [0.2, 0.25) is 0 Å². The van der Waals surface area contributed by atoms with E-state index in [1.807, 2.05) is 12.1 Å². The molecular formula is C21H21OP. The van der Waals surface area contributed by atoms with Crippen LogP contribution in [0.3, 0.4) is 0 Å². The summed E-state index contributed by atoms with van der Waals surface area (Å²) >= 11 is 0. The zero-order chi connectivity index (χ0) is 16.2. The van der Waals surface area contributed by atoms with Gasteiger partial charge in [0.2, 0.25) is 0 Å². The molecule has 1 nitrogen and oxygen atoms in total. The van der Waals surface area contributed by atoms with Gasteiger partial charge in [0.25, 0.3) is 0 Å². The van der Waals surface area contributed by atoms with Crippen LogP contribution in [0.4, 0.5) is 0 Å². The fourth-order valence-electron chi connectivity index (χ4n) is 2.57. The van der Waals surface area contributed by atoms with Crippen LogP contribution in [-0.2, 0) is 0 Å². The van der Waals surface area contributed by atoms with Gasteiger partial charge in [-0.25, -0.2) is 0 Å². The SMILES string of the molecule is COc1ccc(P(c2ccc(C)cc2)c2ccc(C)cc2)cc1. The van der Waals surface area contributed by atoms with E-state index in [-0.39, 0.29) is 0 Å². The summed E-state index contributed by atoms with van der Waals surface area (Å²) < 4.78 is 5.30. The number of benzene rings is 3. The van der Waals surface area contributed by atoms with Crippen molar-refractivity contribution in [2.24, 2.45) is 0 Å². The van der Waals surface area contributed by atoms with Crippen molar-refractivity contribution in [1.82, 2.24) is 0 Å². The number of hydrogen-bond acceptors (Lipinski definition) is 1. The van der Waals surface area contributed by atoms with Gasteiger partial charge in [-0.2, -0.15) is 0 Å². The van der Waals surface area contributed by atoms with Crippen LogP contribution in [0.15, 0.2) is 72.8 Å². The minimum atomic E-state index is -0.544. The van der Waals surface area contributed by atoms with Gasteiger partial charge in [0.15, 0.2) is 0 Å². The summed E-state index contributed by atoms with van der Waals surface area (Å²) in [5, 5.41) is 4.09. The third kappa shape index (κ3) is 3.63. The van der Waals surface area contributed by atoms with Gasteiger partial charge in [0.05, 0.1) is 7.11 Å². The molecule has 0 aliphatic heterocycles. The Morgan fingerprint density at radius 2 is 0.913 bits per heavy atom. The zero-order valence-corrected chi connectivity index (χ0v) is 14.7. The summed E-state index contributed by atoms with van der Waals surface area (Å²) in [4.78, 5) is 0. The summed E-state index contributed by atoms with van der Waals surface area (Å²) in [6.07, 6.45) is 0. The van der Waals surface area contributed by atoms with Crippen molar-refractivity contribution in [1.29, 1.82) is 0 Å². The summed E-state index contributed by atoms with van der Waals surface area (Å²) in [5.74, 6) is 0.900. The number of methoxy groups -OCH3 is 1. The van der Waals surface area contributed by atoms with Crippen LogP contribution in [-0.4, -0.2) is 7.11 Å². The predicted octanol–water partition coefficient (Wildman–Crippen LogP) is 4.07. The molecule has 116 valence electrons. The van der Waals surface area contributed by atoms with Gasteiger partial charge in [-0.05, 0) is 49.8 Å². The van der Waals surface area contributed by atoms with Gasteiger partial charge in [-0.1, -0.05) is 71.8 Å². The Morgan fingerprint density at radius 1 is 0.565 bits per heavy atom. The molecule has 3 aromatic carbocycles. The number of ether oxygens (including phenoxy) is 1. The molecule has 0 spiro atoms. The molecule has 0 aliphatic rings. The molecule has 0 unspecified atom stereocenters. The molecule has 0 aliphatic carbocycles. The van der Waals surface area contributed by atoms with Crippen molar-refractivity contribution in [3.05, 3.63) is 83.9 Å². The van der Waals surface area contributed by atoms with Gasteiger partial charge in [0, 0.05) is 0 Å². The number of aryl methyl sites for hydroxylation is 2. The predicted molar refractivity (Wildman–Crippen MR) is 101 cm³/mol. The van der Waals surface area contributed by atoms with E-state index in [0.717, 1.165) is 5.75 Å².